The Morgan fingerprint density at radius 3 is 3.00 bits per heavy atom. The monoisotopic (exact) mass is 370 g/mol. The van der Waals surface area contributed by atoms with Crippen molar-refractivity contribution in [2.45, 2.75) is 24.7 Å². The molecule has 0 spiro atoms. The highest BCUT2D eigenvalue weighted by Crippen LogP contribution is 2.15. The molecule has 0 aliphatic heterocycles. The van der Waals surface area contributed by atoms with E-state index in [1.54, 1.807) is 13.2 Å². The molecule has 2 rings (SSSR count). The summed E-state index contributed by atoms with van der Waals surface area (Å²) in [7, 11) is 1.61. The molecule has 24 heavy (non-hydrogen) atoms. The van der Waals surface area contributed by atoms with Crippen LogP contribution in [-0.2, 0) is 22.6 Å². The zero-order valence-electron chi connectivity index (χ0n) is 13.3. The zero-order chi connectivity index (χ0) is 17.4. The third-order valence-corrected chi connectivity index (χ3v) is 4.56. The zero-order valence-corrected chi connectivity index (χ0v) is 14.8. The first-order chi connectivity index (χ1) is 11.6. The molecule has 0 unspecified atom stereocenters. The molecule has 2 N–H and O–H groups in total. The van der Waals surface area contributed by atoms with Gasteiger partial charge in [-0.1, -0.05) is 41.6 Å². The van der Waals surface area contributed by atoms with Crippen LogP contribution in [0.25, 0.3) is 0 Å². The molecule has 1 amide bonds. The van der Waals surface area contributed by atoms with Crippen molar-refractivity contribution in [3.63, 3.8) is 0 Å². The summed E-state index contributed by atoms with van der Waals surface area (Å²) >= 11 is 7.25. The van der Waals surface area contributed by atoms with Gasteiger partial charge >= 0.3 is 5.69 Å². The Morgan fingerprint density at radius 2 is 2.25 bits per heavy atom. The second-order valence-electron chi connectivity index (χ2n) is 4.97. The number of halogens is 1. The summed E-state index contributed by atoms with van der Waals surface area (Å²) in [5.41, 5.74) is 0.568. The Labute approximate surface area is 148 Å². The highest BCUT2D eigenvalue weighted by molar-refractivity contribution is 7.99. The normalized spacial score (nSPS) is 10.8. The lowest BCUT2D eigenvalue weighted by Crippen LogP contribution is -2.25. The predicted octanol–water partition coefficient (Wildman–Crippen LogP) is 1.67. The van der Waals surface area contributed by atoms with E-state index >= 15 is 0 Å². The van der Waals surface area contributed by atoms with Crippen LogP contribution >= 0.6 is 23.4 Å². The van der Waals surface area contributed by atoms with E-state index in [0.717, 1.165) is 5.56 Å². The molecule has 0 aliphatic carbocycles. The summed E-state index contributed by atoms with van der Waals surface area (Å²) in [5.74, 6) is 0.0118. The summed E-state index contributed by atoms with van der Waals surface area (Å²) in [6.07, 6.45) is 0.697. The van der Waals surface area contributed by atoms with Gasteiger partial charge < -0.3 is 10.1 Å². The summed E-state index contributed by atoms with van der Waals surface area (Å²) < 4.78 is 6.48. The second kappa shape index (κ2) is 9.51. The number of thioether (sulfide) groups is 1. The number of nitrogens with zero attached hydrogens (tertiary/aromatic N) is 2. The number of aromatic amines is 1. The smallest absolute Gasteiger partial charge is 0.343 e. The third kappa shape index (κ3) is 5.40. The van der Waals surface area contributed by atoms with Gasteiger partial charge in [0, 0.05) is 31.8 Å². The van der Waals surface area contributed by atoms with Crippen LogP contribution < -0.4 is 11.0 Å². The molecule has 7 nitrogen and oxygen atoms in total. The first-order valence-electron chi connectivity index (χ1n) is 7.39. The maximum atomic E-state index is 12.0. The fraction of sp³-hybridized carbons (Fsp3) is 0.400. The van der Waals surface area contributed by atoms with Crippen LogP contribution in [0.2, 0.25) is 5.02 Å². The van der Waals surface area contributed by atoms with Gasteiger partial charge in [0.1, 0.15) is 0 Å². The quantitative estimate of drug-likeness (QED) is 0.517. The molecule has 0 saturated heterocycles. The van der Waals surface area contributed by atoms with Gasteiger partial charge in [-0.2, -0.15) is 0 Å². The molecule has 0 aliphatic rings. The molecule has 0 atom stereocenters. The van der Waals surface area contributed by atoms with Crippen LogP contribution in [-0.4, -0.2) is 40.1 Å². The number of carbonyl (C=O) groups is 1. The molecular formula is C15H19ClN4O3S. The van der Waals surface area contributed by atoms with Crippen LogP contribution in [0.5, 0.6) is 0 Å². The Bertz CT molecular complexity index is 732. The fourth-order valence-electron chi connectivity index (χ4n) is 1.99. The van der Waals surface area contributed by atoms with Crippen LogP contribution in [0.4, 0.5) is 0 Å². The lowest BCUT2D eigenvalue weighted by atomic mass is 10.2. The Morgan fingerprint density at radius 1 is 1.46 bits per heavy atom. The van der Waals surface area contributed by atoms with Crippen molar-refractivity contribution in [1.29, 1.82) is 0 Å². The minimum absolute atomic E-state index is 0.154. The molecule has 0 fully saturated rings. The Kier molecular flexibility index (Phi) is 7.36. The number of aromatic nitrogens is 3. The number of benzene rings is 1. The minimum atomic E-state index is -0.287. The standard InChI is InChI=1S/C15H19ClN4O3S/c1-23-8-4-7-20-14(22)18-19-15(20)24-10-13(21)17-9-11-5-2-3-6-12(11)16/h2-3,5-6H,4,7-10H2,1H3,(H,17,21)(H,18,22). The van der Waals surface area contributed by atoms with Crippen molar-refractivity contribution < 1.29 is 9.53 Å². The van der Waals surface area contributed by atoms with Gasteiger partial charge in [-0.05, 0) is 18.1 Å². The maximum Gasteiger partial charge on any atom is 0.343 e. The lowest BCUT2D eigenvalue weighted by molar-refractivity contribution is -0.118. The van der Waals surface area contributed by atoms with Crippen molar-refractivity contribution >= 4 is 29.3 Å². The fourth-order valence-corrected chi connectivity index (χ4v) is 3.00. The van der Waals surface area contributed by atoms with Gasteiger partial charge in [0.15, 0.2) is 5.16 Å². The average Bonchev–Trinajstić information content (AvgIpc) is 2.93. The van der Waals surface area contributed by atoms with Crippen molar-refractivity contribution in [1.82, 2.24) is 20.1 Å². The molecule has 0 bridgehead atoms. The van der Waals surface area contributed by atoms with Gasteiger partial charge in [0.2, 0.25) is 5.91 Å². The lowest BCUT2D eigenvalue weighted by Gasteiger charge is -2.07. The third-order valence-electron chi connectivity index (χ3n) is 3.22. The second-order valence-corrected chi connectivity index (χ2v) is 6.32. The van der Waals surface area contributed by atoms with E-state index in [4.69, 9.17) is 16.3 Å². The van der Waals surface area contributed by atoms with Gasteiger partial charge in [0.05, 0.1) is 5.75 Å². The number of amides is 1. The number of rotatable bonds is 9. The van der Waals surface area contributed by atoms with Crippen molar-refractivity contribution in [3.8, 4) is 0 Å². The van der Waals surface area contributed by atoms with Crippen LogP contribution in [0.3, 0.4) is 0 Å². The average molecular weight is 371 g/mol. The first kappa shape index (κ1) is 18.6. The number of ether oxygens (including phenoxy) is 1. The maximum absolute atomic E-state index is 12.0. The Hall–Kier alpha value is -1.77. The molecule has 0 radical (unpaired) electrons. The minimum Gasteiger partial charge on any atom is -0.385 e. The van der Waals surface area contributed by atoms with Crippen molar-refractivity contribution in [3.05, 3.63) is 45.3 Å². The SMILES string of the molecule is COCCCn1c(SCC(=O)NCc2ccccc2Cl)n[nH]c1=O. The molecule has 130 valence electrons. The highest BCUT2D eigenvalue weighted by atomic mass is 35.5. The van der Waals surface area contributed by atoms with Crippen LogP contribution in [0.1, 0.15) is 12.0 Å². The first-order valence-corrected chi connectivity index (χ1v) is 8.75. The topological polar surface area (TPSA) is 89.0 Å². The van der Waals surface area contributed by atoms with E-state index in [0.29, 0.717) is 36.3 Å². The molecular weight excluding hydrogens is 352 g/mol. The molecule has 2 aromatic rings. The highest BCUT2D eigenvalue weighted by Gasteiger charge is 2.11. The number of hydrogen-bond donors (Lipinski definition) is 2. The van der Waals surface area contributed by atoms with E-state index in [1.807, 2.05) is 18.2 Å². The van der Waals surface area contributed by atoms with Crippen LogP contribution in [0.15, 0.2) is 34.2 Å². The molecule has 1 aromatic carbocycles. The largest absolute Gasteiger partial charge is 0.385 e. The van der Waals surface area contributed by atoms with E-state index in [-0.39, 0.29) is 17.3 Å². The summed E-state index contributed by atoms with van der Waals surface area (Å²) in [6.45, 7) is 1.41. The molecule has 0 saturated carbocycles. The number of nitrogens with one attached hydrogen (secondary N) is 2. The number of hydrogen-bond acceptors (Lipinski definition) is 5. The summed E-state index contributed by atoms with van der Waals surface area (Å²) in [6, 6.07) is 7.34. The Balaban J connectivity index is 1.83. The summed E-state index contributed by atoms with van der Waals surface area (Å²) in [4.78, 5) is 23.7. The van der Waals surface area contributed by atoms with E-state index in [2.05, 4.69) is 15.5 Å². The van der Waals surface area contributed by atoms with Gasteiger partial charge in [0.25, 0.3) is 0 Å². The van der Waals surface area contributed by atoms with Crippen LogP contribution in [0, 0.1) is 0 Å². The van der Waals surface area contributed by atoms with Gasteiger partial charge in [-0.25, -0.2) is 9.89 Å². The molecule has 1 aromatic heterocycles. The summed E-state index contributed by atoms with van der Waals surface area (Å²) in [5, 5.41) is 10.2. The number of carbonyl (C=O) groups excluding carboxylic acids is 1. The van der Waals surface area contributed by atoms with Crippen molar-refractivity contribution in [2.75, 3.05) is 19.5 Å². The molecule has 1 heterocycles. The van der Waals surface area contributed by atoms with Gasteiger partial charge in [-0.3, -0.25) is 9.36 Å². The number of methoxy groups -OCH3 is 1. The van der Waals surface area contributed by atoms with Gasteiger partial charge in [-0.15, -0.1) is 5.10 Å². The van der Waals surface area contributed by atoms with E-state index in [9.17, 15) is 9.59 Å². The van der Waals surface area contributed by atoms with Crippen molar-refractivity contribution in [2.24, 2.45) is 0 Å². The van der Waals surface area contributed by atoms with E-state index in [1.165, 1.54) is 16.3 Å². The number of H-pyrrole nitrogens is 1. The predicted molar refractivity (Wildman–Crippen MR) is 93.4 cm³/mol. The van der Waals surface area contributed by atoms with E-state index < -0.39 is 0 Å². The molecule has 9 heteroatoms.